The Kier molecular flexibility index (Phi) is 2.24. The number of anilines is 1. The number of nitrogens with two attached hydrogens (primary N) is 1. The van der Waals surface area contributed by atoms with Gasteiger partial charge in [0.25, 0.3) is 0 Å². The summed E-state index contributed by atoms with van der Waals surface area (Å²) in [6.45, 7) is 0. The Morgan fingerprint density at radius 1 is 1.31 bits per heavy atom. The summed E-state index contributed by atoms with van der Waals surface area (Å²) in [6.07, 6.45) is 3.30. The average molecular weight is 278 g/mol. The molecule has 1 aromatic carbocycles. The topological polar surface area (TPSA) is 43.8 Å². The van der Waals surface area contributed by atoms with Crippen molar-refractivity contribution in [1.29, 1.82) is 0 Å². The lowest BCUT2D eigenvalue weighted by molar-refractivity contribution is 0.808. The van der Waals surface area contributed by atoms with Crippen molar-refractivity contribution in [1.82, 2.24) is 9.78 Å². The highest BCUT2D eigenvalue weighted by molar-refractivity contribution is 9.10. The maximum absolute atomic E-state index is 6.12. The van der Waals surface area contributed by atoms with E-state index in [0.717, 1.165) is 34.5 Å². The van der Waals surface area contributed by atoms with Crippen LogP contribution in [0, 0.1) is 0 Å². The molecule has 4 heteroatoms. The van der Waals surface area contributed by atoms with Crippen LogP contribution < -0.4 is 5.73 Å². The smallest absolute Gasteiger partial charge is 0.130 e. The first-order valence-corrected chi connectivity index (χ1v) is 6.17. The first kappa shape index (κ1) is 9.90. The summed E-state index contributed by atoms with van der Waals surface area (Å²) in [6, 6.07) is 8.03. The summed E-state index contributed by atoms with van der Waals surface area (Å²) < 4.78 is 2.88. The van der Waals surface area contributed by atoms with E-state index in [4.69, 9.17) is 5.73 Å². The molecular formula is C12H12BrN3. The molecule has 0 bridgehead atoms. The average Bonchev–Trinajstić information content (AvgIpc) is 2.82. The molecule has 1 aromatic heterocycles. The van der Waals surface area contributed by atoms with Crippen molar-refractivity contribution in [2.75, 3.05) is 5.73 Å². The standard InChI is InChI=1S/C12H12BrN3/c13-8-3-1-4-9(7-8)16-12(14)10-5-2-6-11(10)15-16/h1,3-4,7H,2,5-6,14H2. The predicted molar refractivity (Wildman–Crippen MR) is 67.7 cm³/mol. The Morgan fingerprint density at radius 3 is 2.94 bits per heavy atom. The Balaban J connectivity index is 2.14. The van der Waals surface area contributed by atoms with E-state index >= 15 is 0 Å². The molecule has 0 radical (unpaired) electrons. The molecule has 1 aliphatic carbocycles. The lowest BCUT2D eigenvalue weighted by Gasteiger charge is -2.05. The second-order valence-corrected chi connectivity index (χ2v) is 4.97. The molecule has 82 valence electrons. The van der Waals surface area contributed by atoms with Crippen LogP contribution in [-0.4, -0.2) is 9.78 Å². The molecule has 0 amide bonds. The largest absolute Gasteiger partial charge is 0.383 e. The van der Waals surface area contributed by atoms with Gasteiger partial charge < -0.3 is 5.73 Å². The molecule has 0 spiro atoms. The number of nitrogens with zero attached hydrogens (tertiary/aromatic N) is 2. The van der Waals surface area contributed by atoms with E-state index in [-0.39, 0.29) is 0 Å². The van der Waals surface area contributed by atoms with Crippen LogP contribution in [0.15, 0.2) is 28.7 Å². The molecule has 3 nitrogen and oxygen atoms in total. The van der Waals surface area contributed by atoms with Gasteiger partial charge in [-0.1, -0.05) is 22.0 Å². The van der Waals surface area contributed by atoms with Crippen molar-refractivity contribution in [2.45, 2.75) is 19.3 Å². The van der Waals surface area contributed by atoms with E-state index in [9.17, 15) is 0 Å². The van der Waals surface area contributed by atoms with Gasteiger partial charge in [0, 0.05) is 10.0 Å². The molecule has 0 unspecified atom stereocenters. The van der Waals surface area contributed by atoms with E-state index in [1.807, 2.05) is 28.9 Å². The van der Waals surface area contributed by atoms with Gasteiger partial charge in [-0.25, -0.2) is 4.68 Å². The second-order valence-electron chi connectivity index (χ2n) is 4.06. The highest BCUT2D eigenvalue weighted by Gasteiger charge is 2.20. The number of benzene rings is 1. The third-order valence-electron chi connectivity index (χ3n) is 3.00. The third kappa shape index (κ3) is 1.45. The number of hydrogen-bond acceptors (Lipinski definition) is 2. The number of rotatable bonds is 1. The van der Waals surface area contributed by atoms with Crippen molar-refractivity contribution in [3.8, 4) is 5.69 Å². The highest BCUT2D eigenvalue weighted by atomic mass is 79.9. The van der Waals surface area contributed by atoms with Gasteiger partial charge in [0.05, 0.1) is 11.4 Å². The summed E-state index contributed by atoms with van der Waals surface area (Å²) >= 11 is 3.46. The lowest BCUT2D eigenvalue weighted by Crippen LogP contribution is -2.03. The number of hydrogen-bond donors (Lipinski definition) is 1. The third-order valence-corrected chi connectivity index (χ3v) is 3.49. The fraction of sp³-hybridized carbons (Fsp3) is 0.250. The van der Waals surface area contributed by atoms with Crippen LogP contribution in [0.25, 0.3) is 5.69 Å². The van der Waals surface area contributed by atoms with Crippen LogP contribution >= 0.6 is 15.9 Å². The van der Waals surface area contributed by atoms with Gasteiger partial charge in [-0.05, 0) is 37.5 Å². The zero-order valence-electron chi connectivity index (χ0n) is 8.78. The Morgan fingerprint density at radius 2 is 2.19 bits per heavy atom. The van der Waals surface area contributed by atoms with Crippen molar-refractivity contribution >= 4 is 21.7 Å². The molecule has 1 aliphatic rings. The minimum atomic E-state index is 0.797. The van der Waals surface area contributed by atoms with Crippen molar-refractivity contribution in [2.24, 2.45) is 0 Å². The molecule has 0 aliphatic heterocycles. The van der Waals surface area contributed by atoms with Gasteiger partial charge in [-0.3, -0.25) is 0 Å². The Labute approximate surface area is 102 Å². The first-order chi connectivity index (χ1) is 7.75. The first-order valence-electron chi connectivity index (χ1n) is 5.38. The Hall–Kier alpha value is -1.29. The van der Waals surface area contributed by atoms with Gasteiger partial charge in [0.15, 0.2) is 0 Å². The molecule has 0 saturated carbocycles. The summed E-state index contributed by atoms with van der Waals surface area (Å²) in [5.74, 6) is 0.797. The molecule has 0 fully saturated rings. The minimum absolute atomic E-state index is 0.797. The molecule has 2 N–H and O–H groups in total. The predicted octanol–water partition coefficient (Wildman–Crippen LogP) is 2.71. The molecule has 16 heavy (non-hydrogen) atoms. The molecule has 3 rings (SSSR count). The van der Waals surface area contributed by atoms with Gasteiger partial charge >= 0.3 is 0 Å². The highest BCUT2D eigenvalue weighted by Crippen LogP contribution is 2.29. The molecule has 1 heterocycles. The molecular weight excluding hydrogens is 266 g/mol. The van der Waals surface area contributed by atoms with E-state index < -0.39 is 0 Å². The summed E-state index contributed by atoms with van der Waals surface area (Å²) in [4.78, 5) is 0. The van der Waals surface area contributed by atoms with Crippen LogP contribution in [0.1, 0.15) is 17.7 Å². The fourth-order valence-electron chi connectivity index (χ4n) is 2.22. The van der Waals surface area contributed by atoms with E-state index in [0.29, 0.717) is 0 Å². The summed E-state index contributed by atoms with van der Waals surface area (Å²) in [5.41, 5.74) is 9.54. The molecule has 0 atom stereocenters. The zero-order chi connectivity index (χ0) is 11.1. The molecule has 2 aromatic rings. The van der Waals surface area contributed by atoms with Crippen LogP contribution in [0.2, 0.25) is 0 Å². The van der Waals surface area contributed by atoms with Crippen molar-refractivity contribution in [3.63, 3.8) is 0 Å². The number of nitrogen functional groups attached to an aromatic ring is 1. The van der Waals surface area contributed by atoms with Crippen LogP contribution in [-0.2, 0) is 12.8 Å². The second kappa shape index (κ2) is 3.63. The normalized spacial score (nSPS) is 14.1. The lowest BCUT2D eigenvalue weighted by atomic mass is 10.2. The quantitative estimate of drug-likeness (QED) is 0.871. The van der Waals surface area contributed by atoms with Crippen LogP contribution in [0.3, 0.4) is 0 Å². The van der Waals surface area contributed by atoms with E-state index in [1.165, 1.54) is 12.0 Å². The Bertz CT molecular complexity index is 545. The van der Waals surface area contributed by atoms with Crippen LogP contribution in [0.4, 0.5) is 5.82 Å². The fourth-order valence-corrected chi connectivity index (χ4v) is 2.61. The van der Waals surface area contributed by atoms with Gasteiger partial charge in [0.2, 0.25) is 0 Å². The number of aryl methyl sites for hydroxylation is 1. The van der Waals surface area contributed by atoms with Crippen molar-refractivity contribution < 1.29 is 0 Å². The summed E-state index contributed by atoms with van der Waals surface area (Å²) in [7, 11) is 0. The van der Waals surface area contributed by atoms with E-state index in [2.05, 4.69) is 21.0 Å². The number of fused-ring (bicyclic) bond motifs is 1. The number of halogens is 1. The van der Waals surface area contributed by atoms with Crippen LogP contribution in [0.5, 0.6) is 0 Å². The van der Waals surface area contributed by atoms with Gasteiger partial charge in [-0.2, -0.15) is 5.10 Å². The van der Waals surface area contributed by atoms with E-state index in [1.54, 1.807) is 0 Å². The number of aromatic nitrogens is 2. The summed E-state index contributed by atoms with van der Waals surface area (Å²) in [5, 5.41) is 4.57. The SMILES string of the molecule is Nc1c2c(nn1-c1cccc(Br)c1)CCC2. The van der Waals surface area contributed by atoms with Gasteiger partial charge in [-0.15, -0.1) is 0 Å². The maximum atomic E-state index is 6.12. The monoisotopic (exact) mass is 277 g/mol. The van der Waals surface area contributed by atoms with Gasteiger partial charge in [0.1, 0.15) is 5.82 Å². The zero-order valence-corrected chi connectivity index (χ0v) is 10.4. The van der Waals surface area contributed by atoms with Crippen molar-refractivity contribution in [3.05, 3.63) is 40.0 Å². The molecule has 0 saturated heterocycles. The maximum Gasteiger partial charge on any atom is 0.130 e. The minimum Gasteiger partial charge on any atom is -0.383 e.